The number of benzene rings is 1. The molecule has 1 aromatic carbocycles. The average molecular weight is 316 g/mol. The van der Waals surface area contributed by atoms with Crippen LogP contribution in [-0.2, 0) is 16.1 Å². The van der Waals surface area contributed by atoms with Gasteiger partial charge in [0.2, 0.25) is 0 Å². The Balaban J connectivity index is 2.83. The quantitative estimate of drug-likeness (QED) is 0.848. The second-order valence-electron chi connectivity index (χ2n) is 4.60. The van der Waals surface area contributed by atoms with E-state index in [0.717, 1.165) is 10.0 Å². The number of hydrogen-bond acceptors (Lipinski definition) is 4. The van der Waals surface area contributed by atoms with Crippen LogP contribution in [0.25, 0.3) is 0 Å². The molecule has 0 heterocycles. The standard InChI is InChI=1S/C13H18BrNO3/c1-13(2,12(16)17-3)8-18-11-9(7-15)5-4-6-10(11)14/h4-6H,7-8,15H2,1-3H3. The van der Waals surface area contributed by atoms with Crippen molar-refractivity contribution in [3.8, 4) is 5.75 Å². The van der Waals surface area contributed by atoms with Crippen LogP contribution in [0.15, 0.2) is 22.7 Å². The van der Waals surface area contributed by atoms with Gasteiger partial charge in [0.1, 0.15) is 12.4 Å². The lowest BCUT2D eigenvalue weighted by molar-refractivity contribution is -0.152. The first-order valence-electron chi connectivity index (χ1n) is 5.61. The minimum atomic E-state index is -0.699. The van der Waals surface area contributed by atoms with Crippen molar-refractivity contribution in [2.75, 3.05) is 13.7 Å². The summed E-state index contributed by atoms with van der Waals surface area (Å²) in [4.78, 5) is 11.6. The fraction of sp³-hybridized carbons (Fsp3) is 0.462. The first-order chi connectivity index (χ1) is 8.42. The molecule has 0 amide bonds. The van der Waals surface area contributed by atoms with Gasteiger partial charge in [-0.3, -0.25) is 4.79 Å². The van der Waals surface area contributed by atoms with Crippen LogP contribution in [0.2, 0.25) is 0 Å². The molecule has 0 radical (unpaired) electrons. The van der Waals surface area contributed by atoms with Crippen LogP contribution in [-0.4, -0.2) is 19.7 Å². The number of halogens is 1. The third kappa shape index (κ3) is 3.46. The molecule has 2 N–H and O–H groups in total. The van der Waals surface area contributed by atoms with Gasteiger partial charge in [0.15, 0.2) is 0 Å². The summed E-state index contributed by atoms with van der Waals surface area (Å²) in [5.41, 5.74) is 5.85. The van der Waals surface area contributed by atoms with Crippen LogP contribution in [0.4, 0.5) is 0 Å². The Hall–Kier alpha value is -1.07. The van der Waals surface area contributed by atoms with Crippen LogP contribution in [0.1, 0.15) is 19.4 Å². The molecule has 0 aliphatic carbocycles. The Morgan fingerprint density at radius 2 is 2.11 bits per heavy atom. The summed E-state index contributed by atoms with van der Waals surface area (Å²) in [5.74, 6) is 0.376. The third-order valence-corrected chi connectivity index (χ3v) is 3.21. The van der Waals surface area contributed by atoms with Gasteiger partial charge in [-0.05, 0) is 35.8 Å². The average Bonchev–Trinajstić information content (AvgIpc) is 2.35. The molecule has 0 fully saturated rings. The van der Waals surface area contributed by atoms with E-state index in [1.807, 2.05) is 18.2 Å². The minimum Gasteiger partial charge on any atom is -0.491 e. The lowest BCUT2D eigenvalue weighted by atomic mass is 9.95. The maximum absolute atomic E-state index is 11.6. The smallest absolute Gasteiger partial charge is 0.314 e. The number of esters is 1. The third-order valence-electron chi connectivity index (χ3n) is 2.58. The lowest BCUT2D eigenvalue weighted by Crippen LogP contribution is -2.32. The summed E-state index contributed by atoms with van der Waals surface area (Å²) < 4.78 is 11.3. The zero-order valence-electron chi connectivity index (χ0n) is 10.8. The van der Waals surface area contributed by atoms with Crippen molar-refractivity contribution < 1.29 is 14.3 Å². The molecule has 0 unspecified atom stereocenters. The topological polar surface area (TPSA) is 61.5 Å². The molecule has 4 nitrogen and oxygen atoms in total. The largest absolute Gasteiger partial charge is 0.491 e. The zero-order chi connectivity index (χ0) is 13.8. The molecule has 0 saturated carbocycles. The highest BCUT2D eigenvalue weighted by molar-refractivity contribution is 9.10. The fourth-order valence-corrected chi connectivity index (χ4v) is 1.99. The van der Waals surface area contributed by atoms with Crippen molar-refractivity contribution in [3.05, 3.63) is 28.2 Å². The predicted octanol–water partition coefficient (Wildman–Crippen LogP) is 2.49. The van der Waals surface area contributed by atoms with Crippen molar-refractivity contribution >= 4 is 21.9 Å². The highest BCUT2D eigenvalue weighted by atomic mass is 79.9. The van der Waals surface area contributed by atoms with Crippen molar-refractivity contribution in [2.24, 2.45) is 11.1 Å². The molecule has 18 heavy (non-hydrogen) atoms. The van der Waals surface area contributed by atoms with Crippen molar-refractivity contribution in [2.45, 2.75) is 20.4 Å². The number of para-hydroxylation sites is 1. The molecule has 0 saturated heterocycles. The van der Waals surface area contributed by atoms with Gasteiger partial charge in [0, 0.05) is 12.1 Å². The Labute approximate surface area is 116 Å². The second-order valence-corrected chi connectivity index (χ2v) is 5.45. The SMILES string of the molecule is COC(=O)C(C)(C)COc1c(Br)cccc1CN. The molecule has 100 valence electrons. The van der Waals surface area contributed by atoms with Crippen molar-refractivity contribution in [3.63, 3.8) is 0 Å². The summed E-state index contributed by atoms with van der Waals surface area (Å²) in [5, 5.41) is 0. The molecule has 5 heteroatoms. The van der Waals surface area contributed by atoms with Crippen molar-refractivity contribution in [1.82, 2.24) is 0 Å². The van der Waals surface area contributed by atoms with Gasteiger partial charge in [-0.1, -0.05) is 12.1 Å². The van der Waals surface area contributed by atoms with Crippen molar-refractivity contribution in [1.29, 1.82) is 0 Å². The number of hydrogen-bond donors (Lipinski definition) is 1. The van der Waals surface area contributed by atoms with E-state index in [1.54, 1.807) is 13.8 Å². The molecule has 0 spiro atoms. The molecule has 0 bridgehead atoms. The van der Waals surface area contributed by atoms with Gasteiger partial charge in [-0.25, -0.2) is 0 Å². The van der Waals surface area contributed by atoms with E-state index in [1.165, 1.54) is 7.11 Å². The molecule has 0 aliphatic rings. The first kappa shape index (κ1) is 15.0. The summed E-state index contributed by atoms with van der Waals surface area (Å²) in [7, 11) is 1.37. The van der Waals surface area contributed by atoms with E-state index in [2.05, 4.69) is 15.9 Å². The Bertz CT molecular complexity index is 432. The fourth-order valence-electron chi connectivity index (χ4n) is 1.46. The van der Waals surface area contributed by atoms with Gasteiger partial charge in [0.05, 0.1) is 17.0 Å². The van der Waals surface area contributed by atoms with E-state index in [4.69, 9.17) is 15.2 Å². The highest BCUT2D eigenvalue weighted by Gasteiger charge is 2.30. The maximum Gasteiger partial charge on any atom is 0.314 e. The molecular formula is C13H18BrNO3. The van der Waals surface area contributed by atoms with Gasteiger partial charge >= 0.3 is 5.97 Å². The van der Waals surface area contributed by atoms with Crippen LogP contribution < -0.4 is 10.5 Å². The van der Waals surface area contributed by atoms with E-state index >= 15 is 0 Å². The number of rotatable bonds is 5. The van der Waals surface area contributed by atoms with Gasteiger partial charge in [0.25, 0.3) is 0 Å². The molecule has 1 aromatic rings. The van der Waals surface area contributed by atoms with E-state index in [-0.39, 0.29) is 12.6 Å². The number of ether oxygens (including phenoxy) is 2. The second kappa shape index (κ2) is 6.20. The number of methoxy groups -OCH3 is 1. The summed E-state index contributed by atoms with van der Waals surface area (Å²) in [6.45, 7) is 4.16. The Kier molecular flexibility index (Phi) is 5.16. The van der Waals surface area contributed by atoms with Crippen LogP contribution in [0.3, 0.4) is 0 Å². The van der Waals surface area contributed by atoms with Crippen LogP contribution >= 0.6 is 15.9 Å². The van der Waals surface area contributed by atoms with E-state index in [0.29, 0.717) is 12.3 Å². The highest BCUT2D eigenvalue weighted by Crippen LogP contribution is 2.30. The number of carbonyl (C=O) groups is 1. The molecule has 1 rings (SSSR count). The van der Waals surface area contributed by atoms with Crippen LogP contribution in [0, 0.1) is 5.41 Å². The molecule has 0 aromatic heterocycles. The number of carbonyl (C=O) groups excluding carboxylic acids is 1. The Morgan fingerprint density at radius 1 is 1.44 bits per heavy atom. The zero-order valence-corrected chi connectivity index (χ0v) is 12.4. The van der Waals surface area contributed by atoms with E-state index < -0.39 is 5.41 Å². The molecule has 0 aliphatic heterocycles. The lowest BCUT2D eigenvalue weighted by Gasteiger charge is -2.23. The van der Waals surface area contributed by atoms with Gasteiger partial charge in [-0.15, -0.1) is 0 Å². The number of nitrogens with two attached hydrogens (primary N) is 1. The molecular weight excluding hydrogens is 298 g/mol. The Morgan fingerprint density at radius 3 is 2.67 bits per heavy atom. The maximum atomic E-state index is 11.6. The monoisotopic (exact) mass is 315 g/mol. The van der Waals surface area contributed by atoms with Gasteiger partial charge < -0.3 is 15.2 Å². The normalized spacial score (nSPS) is 11.2. The summed E-state index contributed by atoms with van der Waals surface area (Å²) in [6, 6.07) is 5.66. The van der Waals surface area contributed by atoms with Gasteiger partial charge in [-0.2, -0.15) is 0 Å². The van der Waals surface area contributed by atoms with E-state index in [9.17, 15) is 4.79 Å². The summed E-state index contributed by atoms with van der Waals surface area (Å²) >= 11 is 3.41. The minimum absolute atomic E-state index is 0.231. The predicted molar refractivity (Wildman–Crippen MR) is 73.3 cm³/mol. The molecule has 0 atom stereocenters. The first-order valence-corrected chi connectivity index (χ1v) is 6.40. The van der Waals surface area contributed by atoms with Crippen LogP contribution in [0.5, 0.6) is 5.75 Å². The summed E-state index contributed by atoms with van der Waals surface area (Å²) in [6.07, 6.45) is 0.